The Bertz CT molecular complexity index is 252. The van der Waals surface area contributed by atoms with Gasteiger partial charge in [0.1, 0.15) is 0 Å². The monoisotopic (exact) mass is 182 g/mol. The van der Waals surface area contributed by atoms with Gasteiger partial charge in [-0.1, -0.05) is 6.92 Å². The highest BCUT2D eigenvalue weighted by Gasteiger charge is 2.38. The molecule has 3 unspecified atom stereocenters. The van der Waals surface area contributed by atoms with E-state index in [1.165, 1.54) is 0 Å². The van der Waals surface area contributed by atoms with Gasteiger partial charge in [0, 0.05) is 6.04 Å². The number of carbonyl (C=O) groups excluding carboxylic acids is 2. The van der Waals surface area contributed by atoms with Crippen LogP contribution in [0.1, 0.15) is 26.2 Å². The van der Waals surface area contributed by atoms with Gasteiger partial charge in [0.2, 0.25) is 5.91 Å². The summed E-state index contributed by atoms with van der Waals surface area (Å²) in [5, 5.41) is 5.11. The number of carbonyl (C=O) groups is 2. The Balaban J connectivity index is 2.10. The van der Waals surface area contributed by atoms with Gasteiger partial charge in [-0.15, -0.1) is 0 Å². The first-order valence-corrected chi connectivity index (χ1v) is 4.78. The van der Waals surface area contributed by atoms with Crippen molar-refractivity contribution in [3.8, 4) is 0 Å². The Labute approximate surface area is 77.1 Å². The first-order chi connectivity index (χ1) is 6.16. The SMILES string of the molecule is CC1CCC2C(=O)NC(=O)NC2C1. The Morgan fingerprint density at radius 2 is 2.08 bits per heavy atom. The molecule has 0 aromatic heterocycles. The summed E-state index contributed by atoms with van der Waals surface area (Å²) >= 11 is 0. The summed E-state index contributed by atoms with van der Waals surface area (Å²) in [5.41, 5.74) is 0. The zero-order valence-corrected chi connectivity index (χ0v) is 7.67. The van der Waals surface area contributed by atoms with Crippen molar-refractivity contribution < 1.29 is 9.59 Å². The third kappa shape index (κ3) is 1.53. The fourth-order valence-electron chi connectivity index (χ4n) is 2.26. The van der Waals surface area contributed by atoms with Crippen LogP contribution in [0.4, 0.5) is 4.79 Å². The van der Waals surface area contributed by atoms with E-state index in [0.29, 0.717) is 5.92 Å². The molecule has 1 saturated heterocycles. The summed E-state index contributed by atoms with van der Waals surface area (Å²) in [7, 11) is 0. The van der Waals surface area contributed by atoms with Crippen molar-refractivity contribution in [3.63, 3.8) is 0 Å². The van der Waals surface area contributed by atoms with Crippen molar-refractivity contribution in [2.24, 2.45) is 11.8 Å². The number of fused-ring (bicyclic) bond motifs is 1. The van der Waals surface area contributed by atoms with Crippen LogP contribution in [0.25, 0.3) is 0 Å². The number of imide groups is 1. The average Bonchev–Trinajstić information content (AvgIpc) is 2.02. The third-order valence-corrected chi connectivity index (χ3v) is 3.00. The highest BCUT2D eigenvalue weighted by Crippen LogP contribution is 2.30. The summed E-state index contributed by atoms with van der Waals surface area (Å²) in [6.07, 6.45) is 2.92. The minimum absolute atomic E-state index is 0.00824. The molecular formula is C9H14N2O2. The lowest BCUT2D eigenvalue weighted by Crippen LogP contribution is -2.59. The second kappa shape index (κ2) is 3.01. The van der Waals surface area contributed by atoms with Crippen molar-refractivity contribution in [3.05, 3.63) is 0 Å². The van der Waals surface area contributed by atoms with E-state index in [2.05, 4.69) is 17.6 Å². The van der Waals surface area contributed by atoms with E-state index in [1.807, 2.05) is 0 Å². The van der Waals surface area contributed by atoms with Crippen LogP contribution < -0.4 is 10.6 Å². The molecule has 13 heavy (non-hydrogen) atoms. The van der Waals surface area contributed by atoms with Crippen LogP contribution >= 0.6 is 0 Å². The Morgan fingerprint density at radius 3 is 2.85 bits per heavy atom. The summed E-state index contributed by atoms with van der Waals surface area (Å²) in [5.74, 6) is 0.530. The molecule has 4 nitrogen and oxygen atoms in total. The van der Waals surface area contributed by atoms with Gasteiger partial charge in [-0.25, -0.2) is 4.79 Å². The molecule has 2 N–H and O–H groups in total. The van der Waals surface area contributed by atoms with E-state index >= 15 is 0 Å². The lowest BCUT2D eigenvalue weighted by Gasteiger charge is -2.37. The molecule has 1 heterocycles. The largest absolute Gasteiger partial charge is 0.334 e. The minimum Gasteiger partial charge on any atom is -0.334 e. The maximum Gasteiger partial charge on any atom is 0.321 e. The quantitative estimate of drug-likeness (QED) is 0.577. The van der Waals surface area contributed by atoms with Gasteiger partial charge in [-0.3, -0.25) is 10.1 Å². The van der Waals surface area contributed by atoms with E-state index in [4.69, 9.17) is 0 Å². The second-order valence-electron chi connectivity index (χ2n) is 4.09. The Hall–Kier alpha value is -1.06. The normalized spacial score (nSPS) is 39.0. The zero-order valence-electron chi connectivity index (χ0n) is 7.67. The minimum atomic E-state index is -0.333. The lowest BCUT2D eigenvalue weighted by molar-refractivity contribution is -0.127. The van der Waals surface area contributed by atoms with E-state index in [0.717, 1.165) is 19.3 Å². The molecule has 72 valence electrons. The number of nitrogens with one attached hydrogen (secondary N) is 2. The molecule has 0 spiro atoms. The van der Waals surface area contributed by atoms with Crippen LogP contribution in [0, 0.1) is 11.8 Å². The van der Waals surface area contributed by atoms with Gasteiger partial charge >= 0.3 is 6.03 Å². The molecule has 3 amide bonds. The first-order valence-electron chi connectivity index (χ1n) is 4.78. The molecule has 0 radical (unpaired) electrons. The molecule has 4 heteroatoms. The van der Waals surface area contributed by atoms with Crippen LogP contribution in [-0.4, -0.2) is 18.0 Å². The fraction of sp³-hybridized carbons (Fsp3) is 0.778. The number of hydrogen-bond donors (Lipinski definition) is 2. The van der Waals surface area contributed by atoms with Crippen LogP contribution in [0.5, 0.6) is 0 Å². The van der Waals surface area contributed by atoms with E-state index in [9.17, 15) is 9.59 Å². The molecule has 2 fully saturated rings. The average molecular weight is 182 g/mol. The standard InChI is InChI=1S/C9H14N2O2/c1-5-2-3-6-7(4-5)10-9(13)11-8(6)12/h5-7H,2-4H2,1H3,(H2,10,11,12,13). The Kier molecular flexibility index (Phi) is 1.98. The van der Waals surface area contributed by atoms with Crippen LogP contribution in [0.3, 0.4) is 0 Å². The molecule has 2 aliphatic rings. The van der Waals surface area contributed by atoms with Gasteiger partial charge in [0.15, 0.2) is 0 Å². The van der Waals surface area contributed by atoms with Crippen molar-refractivity contribution in [2.45, 2.75) is 32.2 Å². The van der Waals surface area contributed by atoms with Gasteiger partial charge in [-0.05, 0) is 25.2 Å². The molecule has 1 aliphatic heterocycles. The summed E-state index contributed by atoms with van der Waals surface area (Å²) in [6.45, 7) is 2.16. The molecule has 2 rings (SSSR count). The zero-order chi connectivity index (χ0) is 9.42. The second-order valence-corrected chi connectivity index (χ2v) is 4.09. The van der Waals surface area contributed by atoms with Gasteiger partial charge in [0.25, 0.3) is 0 Å². The predicted octanol–water partition coefficient (Wildman–Crippen LogP) is 0.631. The third-order valence-electron chi connectivity index (χ3n) is 3.00. The highest BCUT2D eigenvalue weighted by molar-refractivity contribution is 5.98. The Morgan fingerprint density at radius 1 is 1.31 bits per heavy atom. The molecule has 1 saturated carbocycles. The van der Waals surface area contributed by atoms with Crippen molar-refractivity contribution in [1.29, 1.82) is 0 Å². The number of amides is 3. The maximum absolute atomic E-state index is 11.4. The topological polar surface area (TPSA) is 58.2 Å². The molecule has 1 aliphatic carbocycles. The predicted molar refractivity (Wildman–Crippen MR) is 47.0 cm³/mol. The summed E-state index contributed by atoms with van der Waals surface area (Å²) in [4.78, 5) is 22.4. The van der Waals surface area contributed by atoms with Crippen LogP contribution in [0.2, 0.25) is 0 Å². The molecule has 3 atom stereocenters. The van der Waals surface area contributed by atoms with Crippen LogP contribution in [-0.2, 0) is 4.79 Å². The number of urea groups is 1. The number of hydrogen-bond acceptors (Lipinski definition) is 2. The highest BCUT2D eigenvalue weighted by atomic mass is 16.2. The lowest BCUT2D eigenvalue weighted by atomic mass is 9.78. The molecular weight excluding hydrogens is 168 g/mol. The van der Waals surface area contributed by atoms with E-state index in [-0.39, 0.29) is 23.9 Å². The summed E-state index contributed by atoms with van der Waals surface area (Å²) < 4.78 is 0. The van der Waals surface area contributed by atoms with E-state index in [1.54, 1.807) is 0 Å². The summed E-state index contributed by atoms with van der Waals surface area (Å²) in [6, 6.07) is -0.259. The van der Waals surface area contributed by atoms with Crippen molar-refractivity contribution >= 4 is 11.9 Å². The first kappa shape index (κ1) is 8.53. The molecule has 0 bridgehead atoms. The van der Waals surface area contributed by atoms with E-state index < -0.39 is 0 Å². The van der Waals surface area contributed by atoms with Gasteiger partial charge < -0.3 is 5.32 Å². The van der Waals surface area contributed by atoms with Crippen molar-refractivity contribution in [1.82, 2.24) is 10.6 Å². The van der Waals surface area contributed by atoms with Gasteiger partial charge in [0.05, 0.1) is 5.92 Å². The van der Waals surface area contributed by atoms with Crippen LogP contribution in [0.15, 0.2) is 0 Å². The van der Waals surface area contributed by atoms with Crippen molar-refractivity contribution in [2.75, 3.05) is 0 Å². The van der Waals surface area contributed by atoms with Gasteiger partial charge in [-0.2, -0.15) is 0 Å². The maximum atomic E-state index is 11.4. The molecule has 0 aromatic rings. The smallest absolute Gasteiger partial charge is 0.321 e. The number of rotatable bonds is 0. The fourth-order valence-corrected chi connectivity index (χ4v) is 2.26. The molecule has 0 aromatic carbocycles.